The second-order valence-corrected chi connectivity index (χ2v) is 2.11. The first-order valence-corrected chi connectivity index (χ1v) is 3.55. The van der Waals surface area contributed by atoms with Crippen LogP contribution in [0.3, 0.4) is 0 Å². The van der Waals surface area contributed by atoms with Crippen LogP contribution < -0.4 is 5.32 Å². The first kappa shape index (κ1) is 9.24. The van der Waals surface area contributed by atoms with Gasteiger partial charge in [0.15, 0.2) is 0 Å². The van der Waals surface area contributed by atoms with Crippen LogP contribution >= 0.6 is 0 Å². The molecule has 0 radical (unpaired) electrons. The molecule has 0 spiro atoms. The monoisotopic (exact) mass is 185 g/mol. The fraction of sp³-hybridized carbons (Fsp3) is 0.286. The Labute approximate surface area is 73.5 Å². The van der Waals surface area contributed by atoms with Gasteiger partial charge in [0.05, 0.1) is 12.7 Å². The minimum absolute atomic E-state index is 0.183. The van der Waals surface area contributed by atoms with E-state index in [1.807, 2.05) is 0 Å². The summed E-state index contributed by atoms with van der Waals surface area (Å²) in [5.74, 6) is -1.67. The Morgan fingerprint density at radius 2 is 2.31 bits per heavy atom. The third kappa shape index (κ3) is 2.29. The van der Waals surface area contributed by atoms with Crippen molar-refractivity contribution < 1.29 is 23.9 Å². The van der Waals surface area contributed by atoms with Crippen molar-refractivity contribution in [3.63, 3.8) is 0 Å². The molecular weight excluding hydrogens is 178 g/mol. The van der Waals surface area contributed by atoms with Gasteiger partial charge in [-0.2, -0.15) is 0 Å². The Hall–Kier alpha value is -1.85. The Morgan fingerprint density at radius 1 is 1.62 bits per heavy atom. The average molecular weight is 185 g/mol. The number of carbonyl (C=O) groups excluding carboxylic acids is 3. The highest BCUT2D eigenvalue weighted by atomic mass is 16.6. The fourth-order valence-electron chi connectivity index (χ4n) is 0.717. The van der Waals surface area contributed by atoms with Gasteiger partial charge in [-0.05, 0) is 6.92 Å². The van der Waals surface area contributed by atoms with Crippen LogP contribution in [-0.4, -0.2) is 24.6 Å². The highest BCUT2D eigenvalue weighted by Gasteiger charge is 2.25. The van der Waals surface area contributed by atoms with E-state index in [0.717, 1.165) is 6.08 Å². The molecule has 0 aromatic rings. The predicted octanol–water partition coefficient (Wildman–Crippen LogP) is -0.300. The molecule has 1 rings (SSSR count). The Kier molecular flexibility index (Phi) is 2.63. The molecule has 1 heterocycles. The zero-order valence-corrected chi connectivity index (χ0v) is 6.83. The van der Waals surface area contributed by atoms with Crippen LogP contribution in [0, 0.1) is 0 Å². The maximum absolute atomic E-state index is 10.8. The number of hydrogen-bond donors (Lipinski definition) is 1. The Bertz CT molecular complexity index is 293. The zero-order chi connectivity index (χ0) is 9.84. The van der Waals surface area contributed by atoms with Crippen molar-refractivity contribution in [3.8, 4) is 0 Å². The van der Waals surface area contributed by atoms with Gasteiger partial charge in [0.25, 0.3) is 0 Å². The maximum Gasteiger partial charge on any atom is 0.411 e. The molecule has 6 heteroatoms. The number of rotatable bonds is 2. The van der Waals surface area contributed by atoms with Crippen LogP contribution in [0.15, 0.2) is 11.8 Å². The number of hydrogen-bond acceptors (Lipinski definition) is 5. The quantitative estimate of drug-likeness (QED) is 0.471. The lowest BCUT2D eigenvalue weighted by atomic mass is 10.4. The molecule has 1 aliphatic heterocycles. The van der Waals surface area contributed by atoms with Crippen molar-refractivity contribution in [3.05, 3.63) is 11.8 Å². The van der Waals surface area contributed by atoms with E-state index in [1.165, 1.54) is 0 Å². The van der Waals surface area contributed by atoms with E-state index in [0.29, 0.717) is 0 Å². The van der Waals surface area contributed by atoms with Crippen LogP contribution in [0.2, 0.25) is 0 Å². The fourth-order valence-corrected chi connectivity index (χ4v) is 0.717. The highest BCUT2D eigenvalue weighted by Crippen LogP contribution is 2.04. The molecule has 6 nitrogen and oxygen atoms in total. The molecule has 0 fully saturated rings. The van der Waals surface area contributed by atoms with E-state index in [2.05, 4.69) is 14.8 Å². The van der Waals surface area contributed by atoms with Gasteiger partial charge in [-0.25, -0.2) is 14.4 Å². The van der Waals surface area contributed by atoms with Crippen LogP contribution in [-0.2, 0) is 19.1 Å². The van der Waals surface area contributed by atoms with Crippen molar-refractivity contribution >= 4 is 18.0 Å². The normalized spacial score (nSPS) is 15.0. The number of carbonyl (C=O) groups is 3. The molecule has 13 heavy (non-hydrogen) atoms. The van der Waals surface area contributed by atoms with E-state index >= 15 is 0 Å². The van der Waals surface area contributed by atoms with Crippen molar-refractivity contribution in [2.24, 2.45) is 0 Å². The van der Waals surface area contributed by atoms with Gasteiger partial charge in [0, 0.05) is 0 Å². The molecule has 1 amide bonds. The van der Waals surface area contributed by atoms with E-state index in [4.69, 9.17) is 0 Å². The van der Waals surface area contributed by atoms with Crippen LogP contribution in [0.4, 0.5) is 4.79 Å². The number of nitrogens with one attached hydrogen (secondary N) is 1. The molecule has 0 aromatic heterocycles. The summed E-state index contributed by atoms with van der Waals surface area (Å²) in [5, 5.41) is 2.06. The van der Waals surface area contributed by atoms with Gasteiger partial charge < -0.3 is 9.47 Å². The van der Waals surface area contributed by atoms with Crippen LogP contribution in [0.5, 0.6) is 0 Å². The molecular formula is C7H7NO5. The third-order valence-electron chi connectivity index (χ3n) is 1.19. The number of cyclic esters (lactones) is 2. The summed E-state index contributed by atoms with van der Waals surface area (Å²) in [4.78, 5) is 32.0. The lowest BCUT2D eigenvalue weighted by Gasteiger charge is -2.02. The average Bonchev–Trinajstić information content (AvgIpc) is 2.30. The Morgan fingerprint density at radius 3 is 2.77 bits per heavy atom. The summed E-state index contributed by atoms with van der Waals surface area (Å²) >= 11 is 0. The number of alkyl carbamates (subject to hydrolysis) is 1. The minimum Gasteiger partial charge on any atom is -0.450 e. The topological polar surface area (TPSA) is 81.7 Å². The van der Waals surface area contributed by atoms with Gasteiger partial charge in [-0.1, -0.05) is 0 Å². The first-order valence-electron chi connectivity index (χ1n) is 3.55. The molecule has 1 N–H and O–H groups in total. The molecule has 0 saturated heterocycles. The van der Waals surface area contributed by atoms with Crippen molar-refractivity contribution in [2.45, 2.75) is 6.92 Å². The molecule has 0 unspecified atom stereocenters. The molecule has 1 aliphatic rings. The van der Waals surface area contributed by atoms with Gasteiger partial charge in [-0.15, -0.1) is 0 Å². The summed E-state index contributed by atoms with van der Waals surface area (Å²) in [6, 6.07) is 0. The molecule has 0 aliphatic carbocycles. The predicted molar refractivity (Wildman–Crippen MR) is 39.3 cm³/mol. The first-order chi connectivity index (χ1) is 6.13. The van der Waals surface area contributed by atoms with Crippen LogP contribution in [0.1, 0.15) is 6.92 Å². The van der Waals surface area contributed by atoms with Crippen molar-refractivity contribution in [1.29, 1.82) is 0 Å². The second kappa shape index (κ2) is 3.70. The zero-order valence-electron chi connectivity index (χ0n) is 6.83. The highest BCUT2D eigenvalue weighted by molar-refractivity contribution is 6.09. The summed E-state index contributed by atoms with van der Waals surface area (Å²) in [5.41, 5.74) is -0.205. The van der Waals surface area contributed by atoms with E-state index in [1.54, 1.807) is 6.92 Å². The van der Waals surface area contributed by atoms with Gasteiger partial charge in [0.2, 0.25) is 0 Å². The maximum atomic E-state index is 10.8. The number of ether oxygens (including phenoxy) is 2. The standard InChI is InChI=1S/C7H7NO5/c1-2-12-7(11)8-4-3-5(9)13-6(4)10/h3H,2H2,1H3,(H,8,11). The minimum atomic E-state index is -0.877. The molecule has 0 bridgehead atoms. The summed E-state index contributed by atoms with van der Waals surface area (Å²) < 4.78 is 8.59. The smallest absolute Gasteiger partial charge is 0.411 e. The summed E-state index contributed by atoms with van der Waals surface area (Å²) in [6.07, 6.45) is 0.0969. The largest absolute Gasteiger partial charge is 0.450 e. The van der Waals surface area contributed by atoms with Crippen LogP contribution in [0.25, 0.3) is 0 Å². The number of amides is 1. The van der Waals surface area contributed by atoms with Gasteiger partial charge >= 0.3 is 18.0 Å². The second-order valence-electron chi connectivity index (χ2n) is 2.11. The van der Waals surface area contributed by atoms with Gasteiger partial charge in [-0.3, -0.25) is 5.32 Å². The van der Waals surface area contributed by atoms with Crippen molar-refractivity contribution in [2.75, 3.05) is 6.61 Å². The summed E-state index contributed by atoms with van der Waals surface area (Å²) in [7, 11) is 0. The molecule has 0 saturated carbocycles. The van der Waals surface area contributed by atoms with Gasteiger partial charge in [0.1, 0.15) is 5.70 Å². The third-order valence-corrected chi connectivity index (χ3v) is 1.19. The van der Waals surface area contributed by atoms with E-state index in [-0.39, 0.29) is 12.3 Å². The lowest BCUT2D eigenvalue weighted by Crippen LogP contribution is -2.26. The van der Waals surface area contributed by atoms with E-state index < -0.39 is 18.0 Å². The Balaban J connectivity index is 2.54. The SMILES string of the molecule is CCOC(=O)NC1=CC(=O)OC1=O. The molecule has 0 atom stereocenters. The molecule has 70 valence electrons. The van der Waals surface area contributed by atoms with E-state index in [9.17, 15) is 14.4 Å². The number of esters is 2. The molecule has 0 aromatic carbocycles. The summed E-state index contributed by atoms with van der Waals surface area (Å²) in [6.45, 7) is 1.80. The lowest BCUT2D eigenvalue weighted by molar-refractivity contribution is -0.150. The van der Waals surface area contributed by atoms with Crippen molar-refractivity contribution in [1.82, 2.24) is 5.32 Å².